The molecule has 1 aromatic rings. The van der Waals surface area contributed by atoms with Gasteiger partial charge in [0.1, 0.15) is 0 Å². The summed E-state index contributed by atoms with van der Waals surface area (Å²) in [6.07, 6.45) is 4.93. The first kappa shape index (κ1) is 10.6. The Kier molecular flexibility index (Phi) is 3.76. The van der Waals surface area contributed by atoms with Crippen molar-refractivity contribution in [2.45, 2.75) is 31.7 Å². The summed E-state index contributed by atoms with van der Waals surface area (Å²) in [5.41, 5.74) is 8.88. The maximum atomic E-state index is 6.05. The van der Waals surface area contributed by atoms with Gasteiger partial charge >= 0.3 is 0 Å². The molecule has 2 N–H and O–H groups in total. The topological polar surface area (TPSA) is 26.0 Å². The monoisotopic (exact) mass is 197 g/mol. The molecule has 0 saturated heterocycles. The lowest BCUT2D eigenvalue weighted by Crippen LogP contribution is -2.09. The van der Waals surface area contributed by atoms with Crippen LogP contribution in [-0.2, 0) is 6.42 Å². The van der Waals surface area contributed by atoms with Crippen LogP contribution in [0.3, 0.4) is 0 Å². The Balaban J connectivity index is 0.000000845. The van der Waals surface area contributed by atoms with E-state index in [9.17, 15) is 0 Å². The highest BCUT2D eigenvalue weighted by molar-refractivity contribution is 5.85. The van der Waals surface area contributed by atoms with Gasteiger partial charge in [-0.1, -0.05) is 30.7 Å². The minimum atomic E-state index is 0. The molecule has 1 aliphatic carbocycles. The fourth-order valence-corrected chi connectivity index (χ4v) is 1.96. The molecule has 2 rings (SSSR count). The third-order valence-corrected chi connectivity index (χ3v) is 2.67. The van der Waals surface area contributed by atoms with Gasteiger partial charge in [-0.2, -0.15) is 0 Å². The van der Waals surface area contributed by atoms with Crippen molar-refractivity contribution < 1.29 is 0 Å². The molecule has 1 aliphatic rings. The number of nitrogens with two attached hydrogens (primary N) is 1. The summed E-state index contributed by atoms with van der Waals surface area (Å²) in [4.78, 5) is 0. The highest BCUT2D eigenvalue weighted by atomic mass is 35.5. The first-order valence-electron chi connectivity index (χ1n) is 4.71. The van der Waals surface area contributed by atoms with Crippen molar-refractivity contribution in [3.8, 4) is 0 Å². The SMILES string of the molecule is Cl.N[C@@H]1CCCCc2ccccc21. The van der Waals surface area contributed by atoms with Gasteiger partial charge in [0.25, 0.3) is 0 Å². The molecule has 72 valence electrons. The molecule has 2 heteroatoms. The van der Waals surface area contributed by atoms with E-state index in [0.29, 0.717) is 0 Å². The molecule has 1 nitrogen and oxygen atoms in total. The lowest BCUT2D eigenvalue weighted by Gasteiger charge is -2.11. The molecule has 0 saturated carbocycles. The Morgan fingerprint density at radius 2 is 1.92 bits per heavy atom. The van der Waals surface area contributed by atoms with Crippen molar-refractivity contribution >= 4 is 12.4 Å². The third-order valence-electron chi connectivity index (χ3n) is 2.67. The molecule has 13 heavy (non-hydrogen) atoms. The van der Waals surface area contributed by atoms with Crippen LogP contribution in [0.15, 0.2) is 24.3 Å². The standard InChI is InChI=1S/C11H15N.ClH/c12-11-8-4-2-6-9-5-1-3-7-10(9)11;/h1,3,5,7,11H,2,4,6,8,12H2;1H/t11-;/m1./s1. The van der Waals surface area contributed by atoms with E-state index in [4.69, 9.17) is 5.73 Å². The lowest BCUT2D eigenvalue weighted by molar-refractivity contribution is 0.615. The minimum absolute atomic E-state index is 0. The molecular formula is C11H16ClN. The maximum absolute atomic E-state index is 6.05. The zero-order valence-electron chi connectivity index (χ0n) is 7.70. The van der Waals surface area contributed by atoms with Crippen LogP contribution >= 0.6 is 12.4 Å². The largest absolute Gasteiger partial charge is 0.324 e. The Bertz CT molecular complexity index is 273. The van der Waals surface area contributed by atoms with E-state index < -0.39 is 0 Å². The molecule has 0 unspecified atom stereocenters. The van der Waals surface area contributed by atoms with Gasteiger partial charge in [-0.15, -0.1) is 12.4 Å². The maximum Gasteiger partial charge on any atom is 0.0297 e. The first-order chi connectivity index (χ1) is 5.88. The summed E-state index contributed by atoms with van der Waals surface area (Å²) >= 11 is 0. The number of hydrogen-bond donors (Lipinski definition) is 1. The van der Waals surface area contributed by atoms with Gasteiger partial charge in [0.05, 0.1) is 0 Å². The molecule has 0 amide bonds. The molecule has 0 aromatic heterocycles. The number of fused-ring (bicyclic) bond motifs is 1. The second-order valence-corrected chi connectivity index (χ2v) is 3.55. The van der Waals surface area contributed by atoms with Crippen molar-refractivity contribution in [2.24, 2.45) is 5.73 Å². The van der Waals surface area contributed by atoms with Gasteiger partial charge in [-0.05, 0) is 30.4 Å². The van der Waals surface area contributed by atoms with Gasteiger partial charge in [0.2, 0.25) is 0 Å². The molecule has 0 radical (unpaired) electrons. The Morgan fingerprint density at radius 1 is 1.15 bits per heavy atom. The van der Waals surface area contributed by atoms with Gasteiger partial charge in [-0.25, -0.2) is 0 Å². The van der Waals surface area contributed by atoms with Crippen LogP contribution in [0, 0.1) is 0 Å². The number of hydrogen-bond acceptors (Lipinski definition) is 1. The third kappa shape index (κ3) is 2.23. The van der Waals surface area contributed by atoms with Crippen LogP contribution in [0.4, 0.5) is 0 Å². The van der Waals surface area contributed by atoms with Crippen LogP contribution in [0.25, 0.3) is 0 Å². The average molecular weight is 198 g/mol. The van der Waals surface area contributed by atoms with E-state index in [-0.39, 0.29) is 18.4 Å². The Hall–Kier alpha value is -0.530. The van der Waals surface area contributed by atoms with E-state index in [1.807, 2.05) is 0 Å². The zero-order chi connectivity index (χ0) is 8.39. The van der Waals surface area contributed by atoms with E-state index in [0.717, 1.165) is 6.42 Å². The molecule has 0 heterocycles. The van der Waals surface area contributed by atoms with Crippen molar-refractivity contribution in [1.29, 1.82) is 0 Å². The number of halogens is 1. The highest BCUT2D eigenvalue weighted by Crippen LogP contribution is 2.26. The molecule has 0 spiro atoms. The second kappa shape index (κ2) is 4.64. The molecule has 1 aromatic carbocycles. The summed E-state index contributed by atoms with van der Waals surface area (Å²) < 4.78 is 0. The summed E-state index contributed by atoms with van der Waals surface area (Å²) in [6, 6.07) is 8.86. The fourth-order valence-electron chi connectivity index (χ4n) is 1.96. The summed E-state index contributed by atoms with van der Waals surface area (Å²) in [5, 5.41) is 0. The van der Waals surface area contributed by atoms with E-state index in [2.05, 4.69) is 24.3 Å². The van der Waals surface area contributed by atoms with Gasteiger partial charge in [0, 0.05) is 6.04 Å². The second-order valence-electron chi connectivity index (χ2n) is 3.55. The van der Waals surface area contributed by atoms with E-state index >= 15 is 0 Å². The average Bonchev–Trinajstić information content (AvgIpc) is 2.29. The van der Waals surface area contributed by atoms with Crippen molar-refractivity contribution in [3.63, 3.8) is 0 Å². The predicted octanol–water partition coefficient (Wildman–Crippen LogP) is 2.83. The van der Waals surface area contributed by atoms with Crippen LogP contribution in [-0.4, -0.2) is 0 Å². The van der Waals surface area contributed by atoms with Crippen molar-refractivity contribution in [1.82, 2.24) is 0 Å². The number of benzene rings is 1. The molecular weight excluding hydrogens is 182 g/mol. The lowest BCUT2D eigenvalue weighted by atomic mass is 10.0. The number of rotatable bonds is 0. The molecule has 0 aliphatic heterocycles. The molecule has 0 bridgehead atoms. The van der Waals surface area contributed by atoms with Gasteiger partial charge in [0.15, 0.2) is 0 Å². The minimum Gasteiger partial charge on any atom is -0.324 e. The van der Waals surface area contributed by atoms with Gasteiger partial charge in [-0.3, -0.25) is 0 Å². The first-order valence-corrected chi connectivity index (χ1v) is 4.71. The van der Waals surface area contributed by atoms with Gasteiger partial charge < -0.3 is 5.73 Å². The fraction of sp³-hybridized carbons (Fsp3) is 0.455. The molecule has 0 fully saturated rings. The Morgan fingerprint density at radius 3 is 2.77 bits per heavy atom. The predicted molar refractivity (Wildman–Crippen MR) is 58.2 cm³/mol. The summed E-state index contributed by atoms with van der Waals surface area (Å²) in [6.45, 7) is 0. The van der Waals surface area contributed by atoms with Crippen LogP contribution < -0.4 is 5.73 Å². The quantitative estimate of drug-likeness (QED) is 0.636. The van der Waals surface area contributed by atoms with Crippen molar-refractivity contribution in [2.75, 3.05) is 0 Å². The van der Waals surface area contributed by atoms with Crippen molar-refractivity contribution in [3.05, 3.63) is 35.4 Å². The summed E-state index contributed by atoms with van der Waals surface area (Å²) in [5.74, 6) is 0. The normalized spacial score (nSPS) is 21.2. The van der Waals surface area contributed by atoms with Crippen LogP contribution in [0.2, 0.25) is 0 Å². The zero-order valence-corrected chi connectivity index (χ0v) is 8.52. The Labute approximate surface area is 85.7 Å². The van der Waals surface area contributed by atoms with E-state index in [1.54, 1.807) is 0 Å². The summed E-state index contributed by atoms with van der Waals surface area (Å²) in [7, 11) is 0. The smallest absolute Gasteiger partial charge is 0.0297 e. The van der Waals surface area contributed by atoms with E-state index in [1.165, 1.54) is 30.4 Å². The van der Waals surface area contributed by atoms with Crippen LogP contribution in [0.5, 0.6) is 0 Å². The molecule has 1 atom stereocenters. The number of aryl methyl sites for hydroxylation is 1. The highest BCUT2D eigenvalue weighted by Gasteiger charge is 2.13. The van der Waals surface area contributed by atoms with Crippen LogP contribution in [0.1, 0.15) is 36.4 Å².